The van der Waals surface area contributed by atoms with E-state index in [2.05, 4.69) is 36.1 Å². The van der Waals surface area contributed by atoms with Gasteiger partial charge in [-0.1, -0.05) is 49.4 Å². The molecular weight excluding hydrogens is 258 g/mol. The van der Waals surface area contributed by atoms with Crippen molar-refractivity contribution >= 4 is 5.91 Å². The largest absolute Gasteiger partial charge is 0.336 e. The Labute approximate surface area is 128 Å². The van der Waals surface area contributed by atoms with Crippen LogP contribution in [0.3, 0.4) is 0 Å². The van der Waals surface area contributed by atoms with Crippen molar-refractivity contribution in [2.75, 3.05) is 6.54 Å². The van der Waals surface area contributed by atoms with Gasteiger partial charge in [-0.05, 0) is 43.7 Å². The van der Waals surface area contributed by atoms with Crippen molar-refractivity contribution in [2.45, 2.75) is 45.6 Å². The van der Waals surface area contributed by atoms with Crippen LogP contribution >= 0.6 is 0 Å². The molecule has 0 saturated carbocycles. The molecule has 1 aliphatic rings. The highest BCUT2D eigenvalue weighted by Crippen LogP contribution is 2.24. The van der Waals surface area contributed by atoms with E-state index in [4.69, 9.17) is 0 Å². The van der Waals surface area contributed by atoms with E-state index >= 15 is 0 Å². The third-order valence-electron chi connectivity index (χ3n) is 4.05. The third-order valence-corrected chi connectivity index (χ3v) is 4.05. The number of hydrogen-bond donors (Lipinski definition) is 0. The van der Waals surface area contributed by atoms with Crippen LogP contribution in [0.15, 0.2) is 48.6 Å². The van der Waals surface area contributed by atoms with Crippen molar-refractivity contribution in [2.24, 2.45) is 0 Å². The molecule has 2 rings (SSSR count). The maximum absolute atomic E-state index is 12.4. The van der Waals surface area contributed by atoms with E-state index in [-0.39, 0.29) is 5.91 Å². The quantitative estimate of drug-likeness (QED) is 0.592. The fourth-order valence-electron chi connectivity index (χ4n) is 3.00. The van der Waals surface area contributed by atoms with Crippen LogP contribution in [0.5, 0.6) is 0 Å². The number of rotatable bonds is 5. The van der Waals surface area contributed by atoms with Gasteiger partial charge in [-0.15, -0.1) is 0 Å². The lowest BCUT2D eigenvalue weighted by Gasteiger charge is -2.34. The summed E-state index contributed by atoms with van der Waals surface area (Å²) in [7, 11) is 0. The first kappa shape index (κ1) is 15.6. The zero-order valence-corrected chi connectivity index (χ0v) is 13.1. The first-order valence-electron chi connectivity index (χ1n) is 7.93. The molecule has 1 aromatic carbocycles. The molecule has 0 aliphatic heterocycles. The lowest BCUT2D eigenvalue weighted by molar-refractivity contribution is -0.128. The Hall–Kier alpha value is -1.83. The fraction of sp³-hybridized carbons (Fsp3) is 0.421. The van der Waals surface area contributed by atoms with Crippen LogP contribution in [0.25, 0.3) is 0 Å². The zero-order chi connectivity index (χ0) is 15.1. The molecule has 1 unspecified atom stereocenters. The van der Waals surface area contributed by atoms with Crippen LogP contribution in [0.1, 0.15) is 37.8 Å². The molecule has 2 nitrogen and oxygen atoms in total. The van der Waals surface area contributed by atoms with Gasteiger partial charge in [0.2, 0.25) is 5.91 Å². The number of nitrogens with zero attached hydrogens (tertiary/aromatic N) is 1. The molecule has 0 radical (unpaired) electrons. The highest BCUT2D eigenvalue weighted by molar-refractivity contribution is 5.88. The molecule has 0 aromatic heterocycles. The summed E-state index contributed by atoms with van der Waals surface area (Å²) in [6, 6.07) is 8.95. The van der Waals surface area contributed by atoms with Gasteiger partial charge < -0.3 is 4.90 Å². The Morgan fingerprint density at radius 1 is 1.29 bits per heavy atom. The molecule has 1 aromatic rings. The Morgan fingerprint density at radius 2 is 2.05 bits per heavy atom. The van der Waals surface area contributed by atoms with E-state index in [9.17, 15) is 4.79 Å². The number of amides is 1. The average Bonchev–Trinajstić information content (AvgIpc) is 2.52. The van der Waals surface area contributed by atoms with Crippen LogP contribution in [-0.2, 0) is 17.6 Å². The van der Waals surface area contributed by atoms with Crippen molar-refractivity contribution in [3.63, 3.8) is 0 Å². The molecule has 0 N–H and O–H groups in total. The number of benzene rings is 1. The fourth-order valence-corrected chi connectivity index (χ4v) is 3.00. The molecule has 112 valence electrons. The van der Waals surface area contributed by atoms with Crippen molar-refractivity contribution < 1.29 is 4.79 Å². The molecule has 0 saturated heterocycles. The lowest BCUT2D eigenvalue weighted by Crippen LogP contribution is -2.43. The summed E-state index contributed by atoms with van der Waals surface area (Å²) < 4.78 is 0. The van der Waals surface area contributed by atoms with E-state index in [0.29, 0.717) is 6.04 Å². The predicted molar refractivity (Wildman–Crippen MR) is 88.2 cm³/mol. The van der Waals surface area contributed by atoms with Crippen molar-refractivity contribution in [1.82, 2.24) is 4.90 Å². The van der Waals surface area contributed by atoms with Crippen molar-refractivity contribution in [3.8, 4) is 0 Å². The molecule has 1 amide bonds. The second kappa shape index (κ2) is 7.82. The standard InChI is InChI=1S/C19H25NO/c1-3-5-6-11-19(21)20(14-4-2)18-13-12-16-9-7-8-10-17(16)15-18/h3,5-11,18H,4,12-15H2,1-2H3. The Balaban J connectivity index is 2.10. The van der Waals surface area contributed by atoms with Gasteiger partial charge in [0.25, 0.3) is 0 Å². The molecule has 1 atom stereocenters. The van der Waals surface area contributed by atoms with Crippen LogP contribution in [0, 0.1) is 0 Å². The smallest absolute Gasteiger partial charge is 0.246 e. The summed E-state index contributed by atoms with van der Waals surface area (Å²) in [6.07, 6.45) is 11.5. The maximum atomic E-state index is 12.4. The zero-order valence-electron chi connectivity index (χ0n) is 13.1. The number of carbonyl (C=O) groups is 1. The molecular formula is C19H25NO. The van der Waals surface area contributed by atoms with Crippen LogP contribution in [0.2, 0.25) is 0 Å². The van der Waals surface area contributed by atoms with E-state index in [1.54, 1.807) is 6.08 Å². The molecule has 21 heavy (non-hydrogen) atoms. The second-order valence-electron chi connectivity index (χ2n) is 5.58. The summed E-state index contributed by atoms with van der Waals surface area (Å²) in [6.45, 7) is 4.93. The van der Waals surface area contributed by atoms with E-state index in [1.807, 2.05) is 25.2 Å². The Morgan fingerprint density at radius 3 is 2.76 bits per heavy atom. The Kier molecular flexibility index (Phi) is 5.79. The molecule has 0 heterocycles. The highest BCUT2D eigenvalue weighted by Gasteiger charge is 2.25. The van der Waals surface area contributed by atoms with Gasteiger partial charge in [-0.3, -0.25) is 4.79 Å². The summed E-state index contributed by atoms with van der Waals surface area (Å²) in [4.78, 5) is 14.5. The summed E-state index contributed by atoms with van der Waals surface area (Å²) in [5, 5.41) is 0. The second-order valence-corrected chi connectivity index (χ2v) is 5.58. The number of hydrogen-bond acceptors (Lipinski definition) is 1. The minimum atomic E-state index is 0.138. The van der Waals surface area contributed by atoms with Gasteiger partial charge in [-0.25, -0.2) is 0 Å². The van der Waals surface area contributed by atoms with E-state index in [0.717, 1.165) is 32.2 Å². The summed E-state index contributed by atoms with van der Waals surface area (Å²) >= 11 is 0. The molecule has 0 fully saturated rings. The van der Waals surface area contributed by atoms with Crippen LogP contribution < -0.4 is 0 Å². The SMILES string of the molecule is CC=CC=CC(=O)N(CCC)C1CCc2ccccc2C1. The summed E-state index contributed by atoms with van der Waals surface area (Å²) in [5.74, 6) is 0.138. The number of carbonyl (C=O) groups excluding carboxylic acids is 1. The number of fused-ring (bicyclic) bond motifs is 1. The predicted octanol–water partition coefficient (Wildman–Crippen LogP) is 3.91. The van der Waals surface area contributed by atoms with Gasteiger partial charge in [0.1, 0.15) is 0 Å². The third kappa shape index (κ3) is 4.07. The normalized spacial score (nSPS) is 18.1. The first-order valence-corrected chi connectivity index (χ1v) is 7.93. The minimum Gasteiger partial charge on any atom is -0.336 e. The van der Waals surface area contributed by atoms with Crippen LogP contribution in [0.4, 0.5) is 0 Å². The van der Waals surface area contributed by atoms with Gasteiger partial charge in [0.15, 0.2) is 0 Å². The van der Waals surface area contributed by atoms with Gasteiger partial charge >= 0.3 is 0 Å². The maximum Gasteiger partial charge on any atom is 0.246 e. The monoisotopic (exact) mass is 283 g/mol. The lowest BCUT2D eigenvalue weighted by atomic mass is 9.87. The topological polar surface area (TPSA) is 20.3 Å². The number of aryl methyl sites for hydroxylation is 1. The molecule has 0 spiro atoms. The minimum absolute atomic E-state index is 0.138. The number of allylic oxidation sites excluding steroid dienone is 3. The highest BCUT2D eigenvalue weighted by atomic mass is 16.2. The van der Waals surface area contributed by atoms with Crippen LogP contribution in [-0.4, -0.2) is 23.4 Å². The Bertz CT molecular complexity index is 530. The molecule has 0 bridgehead atoms. The average molecular weight is 283 g/mol. The summed E-state index contributed by atoms with van der Waals surface area (Å²) in [5.41, 5.74) is 2.85. The van der Waals surface area contributed by atoms with Crippen molar-refractivity contribution in [3.05, 3.63) is 59.7 Å². The first-order chi connectivity index (χ1) is 10.3. The van der Waals surface area contributed by atoms with E-state index in [1.165, 1.54) is 11.1 Å². The van der Waals surface area contributed by atoms with E-state index < -0.39 is 0 Å². The van der Waals surface area contributed by atoms with Gasteiger partial charge in [-0.2, -0.15) is 0 Å². The molecule has 1 aliphatic carbocycles. The molecule has 2 heteroatoms. The van der Waals surface area contributed by atoms with Gasteiger partial charge in [0.05, 0.1) is 0 Å². The van der Waals surface area contributed by atoms with Gasteiger partial charge in [0, 0.05) is 18.7 Å². The van der Waals surface area contributed by atoms with Crippen molar-refractivity contribution in [1.29, 1.82) is 0 Å².